The van der Waals surface area contributed by atoms with E-state index >= 15 is 0 Å². The summed E-state index contributed by atoms with van der Waals surface area (Å²) < 4.78 is 0. The molecule has 3 N–H and O–H groups in total. The maximum atomic E-state index is 11.4. The molecule has 15 heavy (non-hydrogen) atoms. The Morgan fingerprint density at radius 3 is 3.07 bits per heavy atom. The Morgan fingerprint density at radius 1 is 1.67 bits per heavy atom. The third kappa shape index (κ3) is 4.01. The molecule has 5 nitrogen and oxygen atoms in total. The number of hydrogen-bond acceptors (Lipinski definition) is 2. The third-order valence-electron chi connectivity index (χ3n) is 2.18. The molecule has 0 aliphatic heterocycles. The van der Waals surface area contributed by atoms with Gasteiger partial charge in [0.1, 0.15) is 0 Å². The molecule has 0 bridgehead atoms. The summed E-state index contributed by atoms with van der Waals surface area (Å²) in [6.07, 6.45) is 5.57. The highest BCUT2D eigenvalue weighted by atomic mass is 16.2. The predicted octanol–water partition coefficient (Wildman–Crippen LogP) is 1.57. The molecular weight excluding hydrogens is 192 g/mol. The van der Waals surface area contributed by atoms with Gasteiger partial charge in [-0.25, -0.2) is 4.79 Å². The Bertz CT molecular complexity index is 284. The number of carbonyl (C=O) groups excluding carboxylic acids is 1. The molecule has 1 unspecified atom stereocenters. The van der Waals surface area contributed by atoms with Gasteiger partial charge in [-0.05, 0) is 13.3 Å². The average Bonchev–Trinajstić information content (AvgIpc) is 2.70. The third-order valence-corrected chi connectivity index (χ3v) is 2.18. The molecule has 84 valence electrons. The van der Waals surface area contributed by atoms with E-state index in [9.17, 15) is 4.79 Å². The van der Waals surface area contributed by atoms with Crippen LogP contribution in [0.1, 0.15) is 38.3 Å². The standard InChI is InChI=1S/C10H18N4O/c1-3-4-5-11-10(15)14-8(2)9-6-12-13-7-9/h6-8H,3-5H2,1-2H3,(H,12,13)(H2,11,14,15). The van der Waals surface area contributed by atoms with Crippen molar-refractivity contribution in [2.24, 2.45) is 0 Å². The van der Waals surface area contributed by atoms with Gasteiger partial charge >= 0.3 is 6.03 Å². The number of aromatic amines is 1. The zero-order valence-corrected chi connectivity index (χ0v) is 9.21. The Labute approximate surface area is 89.6 Å². The van der Waals surface area contributed by atoms with E-state index in [1.54, 1.807) is 12.4 Å². The first kappa shape index (κ1) is 11.6. The van der Waals surface area contributed by atoms with Crippen molar-refractivity contribution < 1.29 is 4.79 Å². The number of aromatic nitrogens is 2. The van der Waals surface area contributed by atoms with Gasteiger partial charge in [-0.1, -0.05) is 13.3 Å². The maximum Gasteiger partial charge on any atom is 0.315 e. The highest BCUT2D eigenvalue weighted by molar-refractivity contribution is 5.74. The molecule has 0 fully saturated rings. The summed E-state index contributed by atoms with van der Waals surface area (Å²) in [7, 11) is 0. The summed E-state index contributed by atoms with van der Waals surface area (Å²) in [6.45, 7) is 4.73. The minimum absolute atomic E-state index is 0.0228. The summed E-state index contributed by atoms with van der Waals surface area (Å²) in [5.74, 6) is 0. The largest absolute Gasteiger partial charge is 0.338 e. The molecule has 0 aliphatic rings. The molecule has 0 aromatic carbocycles. The quantitative estimate of drug-likeness (QED) is 0.646. The van der Waals surface area contributed by atoms with E-state index in [1.165, 1.54) is 0 Å². The van der Waals surface area contributed by atoms with Gasteiger partial charge in [0.2, 0.25) is 0 Å². The molecular formula is C10H18N4O. The van der Waals surface area contributed by atoms with Gasteiger partial charge in [0.15, 0.2) is 0 Å². The van der Waals surface area contributed by atoms with Crippen LogP contribution in [0.4, 0.5) is 4.79 Å². The lowest BCUT2D eigenvalue weighted by molar-refractivity contribution is 0.238. The fraction of sp³-hybridized carbons (Fsp3) is 0.600. The lowest BCUT2D eigenvalue weighted by Gasteiger charge is -2.12. The van der Waals surface area contributed by atoms with Crippen molar-refractivity contribution in [3.05, 3.63) is 18.0 Å². The molecule has 0 saturated carbocycles. The highest BCUT2D eigenvalue weighted by Gasteiger charge is 2.08. The molecule has 5 heteroatoms. The Kier molecular flexibility index (Phi) is 4.66. The second-order valence-corrected chi connectivity index (χ2v) is 3.51. The number of nitrogens with zero attached hydrogens (tertiary/aromatic N) is 1. The van der Waals surface area contributed by atoms with Crippen molar-refractivity contribution >= 4 is 6.03 Å². The van der Waals surface area contributed by atoms with Crippen molar-refractivity contribution in [3.8, 4) is 0 Å². The maximum absolute atomic E-state index is 11.4. The van der Waals surface area contributed by atoms with Crippen LogP contribution in [0, 0.1) is 0 Å². The molecule has 1 rings (SSSR count). The van der Waals surface area contributed by atoms with Crippen LogP contribution in [0.15, 0.2) is 12.4 Å². The van der Waals surface area contributed by atoms with Gasteiger partial charge in [0, 0.05) is 18.3 Å². The Balaban J connectivity index is 2.26. The predicted molar refractivity (Wildman–Crippen MR) is 58.4 cm³/mol. The van der Waals surface area contributed by atoms with Crippen molar-refractivity contribution in [2.75, 3.05) is 6.54 Å². The molecule has 2 amide bonds. The van der Waals surface area contributed by atoms with Crippen molar-refractivity contribution in [1.82, 2.24) is 20.8 Å². The SMILES string of the molecule is CCCCNC(=O)NC(C)c1cn[nH]c1. The van der Waals surface area contributed by atoms with Gasteiger partial charge in [-0.2, -0.15) is 5.10 Å². The van der Waals surface area contributed by atoms with Crippen LogP contribution in [-0.4, -0.2) is 22.8 Å². The van der Waals surface area contributed by atoms with Crippen LogP contribution in [0.5, 0.6) is 0 Å². The molecule has 1 aromatic heterocycles. The number of H-pyrrole nitrogens is 1. The Hall–Kier alpha value is -1.52. The topological polar surface area (TPSA) is 69.8 Å². The molecule has 0 spiro atoms. The van der Waals surface area contributed by atoms with E-state index in [0.717, 1.165) is 24.9 Å². The van der Waals surface area contributed by atoms with Gasteiger partial charge in [0.05, 0.1) is 12.2 Å². The minimum Gasteiger partial charge on any atom is -0.338 e. The summed E-state index contributed by atoms with van der Waals surface area (Å²) in [6, 6.07) is -0.150. The first-order chi connectivity index (χ1) is 7.24. The molecule has 0 saturated heterocycles. The Morgan fingerprint density at radius 2 is 2.47 bits per heavy atom. The second-order valence-electron chi connectivity index (χ2n) is 3.51. The van der Waals surface area contributed by atoms with E-state index < -0.39 is 0 Å². The average molecular weight is 210 g/mol. The van der Waals surface area contributed by atoms with Crippen LogP contribution < -0.4 is 10.6 Å². The van der Waals surface area contributed by atoms with Gasteiger partial charge in [-0.3, -0.25) is 5.10 Å². The number of nitrogens with one attached hydrogen (secondary N) is 3. The number of unbranched alkanes of at least 4 members (excludes halogenated alkanes) is 1. The van der Waals surface area contributed by atoms with Crippen LogP contribution in [-0.2, 0) is 0 Å². The number of carbonyl (C=O) groups is 1. The van der Waals surface area contributed by atoms with Crippen molar-refractivity contribution in [2.45, 2.75) is 32.7 Å². The van der Waals surface area contributed by atoms with Crippen LogP contribution >= 0.6 is 0 Å². The normalized spacial score (nSPS) is 12.1. The second kappa shape index (κ2) is 6.06. The van der Waals surface area contributed by atoms with E-state index in [2.05, 4.69) is 27.8 Å². The van der Waals surface area contributed by atoms with Gasteiger partial charge in [0.25, 0.3) is 0 Å². The fourth-order valence-corrected chi connectivity index (χ4v) is 1.21. The van der Waals surface area contributed by atoms with E-state index in [4.69, 9.17) is 0 Å². The smallest absolute Gasteiger partial charge is 0.315 e. The number of urea groups is 1. The molecule has 0 radical (unpaired) electrons. The summed E-state index contributed by atoms with van der Waals surface area (Å²) in [4.78, 5) is 11.4. The van der Waals surface area contributed by atoms with Crippen LogP contribution in [0.25, 0.3) is 0 Å². The zero-order valence-electron chi connectivity index (χ0n) is 9.21. The summed E-state index contributed by atoms with van der Waals surface area (Å²) >= 11 is 0. The molecule has 1 heterocycles. The van der Waals surface area contributed by atoms with E-state index in [-0.39, 0.29) is 12.1 Å². The summed E-state index contributed by atoms with van der Waals surface area (Å²) in [5.41, 5.74) is 0.973. The number of amides is 2. The highest BCUT2D eigenvalue weighted by Crippen LogP contribution is 2.08. The fourth-order valence-electron chi connectivity index (χ4n) is 1.21. The van der Waals surface area contributed by atoms with E-state index in [0.29, 0.717) is 0 Å². The lowest BCUT2D eigenvalue weighted by Crippen LogP contribution is -2.37. The monoisotopic (exact) mass is 210 g/mol. The van der Waals surface area contributed by atoms with Crippen molar-refractivity contribution in [1.29, 1.82) is 0 Å². The van der Waals surface area contributed by atoms with Crippen molar-refractivity contribution in [3.63, 3.8) is 0 Å². The molecule has 1 aromatic rings. The first-order valence-electron chi connectivity index (χ1n) is 5.27. The van der Waals surface area contributed by atoms with Gasteiger partial charge < -0.3 is 10.6 Å². The molecule has 1 atom stereocenters. The number of rotatable bonds is 5. The summed E-state index contributed by atoms with van der Waals surface area (Å²) in [5, 5.41) is 12.2. The zero-order chi connectivity index (χ0) is 11.1. The van der Waals surface area contributed by atoms with E-state index in [1.807, 2.05) is 6.92 Å². The first-order valence-corrected chi connectivity index (χ1v) is 5.27. The minimum atomic E-state index is -0.128. The van der Waals surface area contributed by atoms with Gasteiger partial charge in [-0.15, -0.1) is 0 Å². The molecule has 0 aliphatic carbocycles. The van der Waals surface area contributed by atoms with Crippen LogP contribution in [0.2, 0.25) is 0 Å². The lowest BCUT2D eigenvalue weighted by atomic mass is 10.2. The van der Waals surface area contributed by atoms with Crippen LogP contribution in [0.3, 0.4) is 0 Å². The number of hydrogen-bond donors (Lipinski definition) is 3.